The van der Waals surface area contributed by atoms with Gasteiger partial charge in [-0.1, -0.05) is 24.3 Å². The fourth-order valence-electron chi connectivity index (χ4n) is 2.48. The molecule has 1 aromatic carbocycles. The summed E-state index contributed by atoms with van der Waals surface area (Å²) in [4.78, 5) is 4.63. The molecule has 15 heavy (non-hydrogen) atoms. The normalized spacial score (nSPS) is 27.5. The molecule has 1 aromatic rings. The Labute approximate surface area is 96.2 Å². The van der Waals surface area contributed by atoms with Gasteiger partial charge in [0.15, 0.2) is 0 Å². The molecule has 3 heteroatoms. The van der Waals surface area contributed by atoms with Crippen LogP contribution in [0.4, 0.5) is 0 Å². The second-order valence-electron chi connectivity index (χ2n) is 4.07. The number of piperidine rings is 1. The van der Waals surface area contributed by atoms with Gasteiger partial charge in [0.25, 0.3) is 0 Å². The van der Waals surface area contributed by atoms with Gasteiger partial charge in [-0.25, -0.2) is 0 Å². The summed E-state index contributed by atoms with van der Waals surface area (Å²) in [5.41, 5.74) is 2.78. The van der Waals surface area contributed by atoms with Gasteiger partial charge < -0.3 is 5.32 Å². The van der Waals surface area contributed by atoms with Gasteiger partial charge >= 0.3 is 0 Å². The monoisotopic (exact) mass is 222 g/mol. The van der Waals surface area contributed by atoms with E-state index >= 15 is 0 Å². The molecule has 80 valence electrons. The Bertz CT molecular complexity index is 376. The maximum absolute atomic E-state index is 4.63. The minimum absolute atomic E-state index is 0. The van der Waals surface area contributed by atoms with Crippen molar-refractivity contribution in [2.45, 2.75) is 18.4 Å². The van der Waals surface area contributed by atoms with Gasteiger partial charge in [-0.05, 0) is 24.1 Å². The van der Waals surface area contributed by atoms with Crippen molar-refractivity contribution in [3.05, 3.63) is 35.4 Å². The third kappa shape index (κ3) is 1.80. The van der Waals surface area contributed by atoms with E-state index in [1.165, 1.54) is 17.5 Å². The van der Waals surface area contributed by atoms with Gasteiger partial charge in [0.05, 0.1) is 6.04 Å². The van der Waals surface area contributed by atoms with Crippen LogP contribution in [-0.4, -0.2) is 25.3 Å². The van der Waals surface area contributed by atoms with Gasteiger partial charge in [0.2, 0.25) is 0 Å². The summed E-state index contributed by atoms with van der Waals surface area (Å²) in [6, 6.07) is 9.13. The molecule has 0 spiro atoms. The summed E-state index contributed by atoms with van der Waals surface area (Å²) < 4.78 is 0. The van der Waals surface area contributed by atoms with Gasteiger partial charge in [-0.2, -0.15) is 0 Å². The van der Waals surface area contributed by atoms with Crippen LogP contribution in [0, 0.1) is 0 Å². The number of hydrogen-bond acceptors (Lipinski definition) is 2. The number of rotatable bonds is 0. The lowest BCUT2D eigenvalue weighted by Crippen LogP contribution is -2.39. The quantitative estimate of drug-likeness (QED) is 0.714. The number of benzene rings is 1. The Hall–Kier alpha value is -0.860. The van der Waals surface area contributed by atoms with Crippen molar-refractivity contribution in [1.82, 2.24) is 5.32 Å². The third-order valence-electron chi connectivity index (χ3n) is 3.25. The minimum atomic E-state index is 0. The van der Waals surface area contributed by atoms with Crippen molar-refractivity contribution in [2.24, 2.45) is 4.99 Å². The zero-order valence-corrected chi connectivity index (χ0v) is 9.33. The van der Waals surface area contributed by atoms with Crippen LogP contribution in [-0.2, 0) is 0 Å². The van der Waals surface area contributed by atoms with Crippen LogP contribution in [0.5, 0.6) is 0 Å². The largest absolute Gasteiger partial charge is 0.316 e. The Morgan fingerprint density at radius 3 is 3.07 bits per heavy atom. The molecule has 2 atom stereocenters. The maximum atomic E-state index is 4.63. The summed E-state index contributed by atoms with van der Waals surface area (Å²) >= 11 is 0. The van der Waals surface area contributed by atoms with Gasteiger partial charge in [0, 0.05) is 18.7 Å². The molecule has 0 aliphatic carbocycles. The fraction of sp³-hybridized carbons (Fsp3) is 0.417. The average molecular weight is 223 g/mol. The zero-order chi connectivity index (χ0) is 9.38. The van der Waals surface area contributed by atoms with E-state index < -0.39 is 0 Å². The third-order valence-corrected chi connectivity index (χ3v) is 3.25. The van der Waals surface area contributed by atoms with E-state index in [4.69, 9.17) is 0 Å². The molecule has 2 heterocycles. The molecule has 0 radical (unpaired) electrons. The van der Waals surface area contributed by atoms with Crippen LogP contribution < -0.4 is 5.32 Å². The standard InChI is InChI=1S/C12H14N2.ClH/c1-2-4-10-9(3-1)7-14-12-5-6-13-8-11(10)12;/h1-4,7,11-13H,5-6,8H2;1H. The van der Waals surface area contributed by atoms with Crippen molar-refractivity contribution in [2.75, 3.05) is 13.1 Å². The maximum Gasteiger partial charge on any atom is 0.0592 e. The molecule has 1 saturated heterocycles. The molecule has 2 aliphatic rings. The van der Waals surface area contributed by atoms with Gasteiger partial charge in [-0.3, -0.25) is 4.99 Å². The Morgan fingerprint density at radius 2 is 2.13 bits per heavy atom. The van der Waals surface area contributed by atoms with Crippen LogP contribution in [0.1, 0.15) is 23.5 Å². The second kappa shape index (κ2) is 4.33. The molecule has 1 fully saturated rings. The molecule has 0 aromatic heterocycles. The molecule has 0 saturated carbocycles. The van der Waals surface area contributed by atoms with Crippen molar-refractivity contribution < 1.29 is 0 Å². The highest BCUT2D eigenvalue weighted by Gasteiger charge is 2.29. The van der Waals surface area contributed by atoms with E-state index in [1.807, 2.05) is 6.21 Å². The first-order valence-electron chi connectivity index (χ1n) is 5.28. The van der Waals surface area contributed by atoms with E-state index in [2.05, 4.69) is 34.6 Å². The highest BCUT2D eigenvalue weighted by molar-refractivity contribution is 5.85. The minimum Gasteiger partial charge on any atom is -0.316 e. The van der Waals surface area contributed by atoms with Crippen molar-refractivity contribution in [3.63, 3.8) is 0 Å². The number of nitrogens with one attached hydrogen (secondary N) is 1. The number of fused-ring (bicyclic) bond motifs is 3. The first-order chi connectivity index (χ1) is 6.95. The molecule has 0 amide bonds. The Balaban J connectivity index is 0.000000853. The highest BCUT2D eigenvalue weighted by atomic mass is 35.5. The van der Waals surface area contributed by atoms with Crippen LogP contribution in [0.3, 0.4) is 0 Å². The van der Waals surface area contributed by atoms with Crippen molar-refractivity contribution in [1.29, 1.82) is 0 Å². The molecule has 2 aliphatic heterocycles. The number of nitrogens with zero attached hydrogens (tertiary/aromatic N) is 1. The van der Waals surface area contributed by atoms with Crippen LogP contribution in [0.25, 0.3) is 0 Å². The van der Waals surface area contributed by atoms with Crippen molar-refractivity contribution in [3.8, 4) is 0 Å². The number of aliphatic imine (C=N–C) groups is 1. The summed E-state index contributed by atoms with van der Waals surface area (Å²) in [6.07, 6.45) is 3.22. The summed E-state index contributed by atoms with van der Waals surface area (Å²) in [6.45, 7) is 2.19. The number of halogens is 1. The summed E-state index contributed by atoms with van der Waals surface area (Å²) in [5, 5.41) is 3.45. The topological polar surface area (TPSA) is 24.4 Å². The predicted octanol–water partition coefficient (Wildman–Crippen LogP) is 1.99. The second-order valence-corrected chi connectivity index (χ2v) is 4.07. The Morgan fingerprint density at radius 1 is 1.27 bits per heavy atom. The SMILES string of the molecule is C1=NC2CCNCC2c2ccccc21.Cl. The molecular weight excluding hydrogens is 208 g/mol. The first-order valence-corrected chi connectivity index (χ1v) is 5.28. The van der Waals surface area contributed by atoms with E-state index in [0.717, 1.165) is 13.1 Å². The molecule has 1 N–H and O–H groups in total. The van der Waals surface area contributed by atoms with Gasteiger partial charge in [0.1, 0.15) is 0 Å². The summed E-state index contributed by atoms with van der Waals surface area (Å²) in [5.74, 6) is 0.602. The fourth-order valence-corrected chi connectivity index (χ4v) is 2.48. The lowest BCUT2D eigenvalue weighted by molar-refractivity contribution is 0.401. The Kier molecular flexibility index (Phi) is 3.08. The molecular formula is C12H15ClN2. The van der Waals surface area contributed by atoms with Crippen molar-refractivity contribution >= 4 is 18.6 Å². The van der Waals surface area contributed by atoms with Crippen LogP contribution in [0.2, 0.25) is 0 Å². The lowest BCUT2D eigenvalue weighted by Gasteiger charge is -2.33. The number of hydrogen-bond donors (Lipinski definition) is 1. The zero-order valence-electron chi connectivity index (χ0n) is 8.52. The molecule has 3 rings (SSSR count). The van der Waals surface area contributed by atoms with E-state index in [-0.39, 0.29) is 12.4 Å². The van der Waals surface area contributed by atoms with E-state index in [1.54, 1.807) is 0 Å². The predicted molar refractivity (Wildman–Crippen MR) is 65.3 cm³/mol. The molecule has 2 unspecified atom stereocenters. The average Bonchev–Trinajstić information content (AvgIpc) is 2.29. The molecule has 0 bridgehead atoms. The first kappa shape index (κ1) is 10.7. The van der Waals surface area contributed by atoms with Crippen LogP contribution >= 0.6 is 12.4 Å². The smallest absolute Gasteiger partial charge is 0.0592 e. The lowest BCUT2D eigenvalue weighted by atomic mass is 9.83. The highest BCUT2D eigenvalue weighted by Crippen LogP contribution is 2.31. The van der Waals surface area contributed by atoms with E-state index in [0.29, 0.717) is 12.0 Å². The molecule has 2 nitrogen and oxygen atoms in total. The van der Waals surface area contributed by atoms with E-state index in [9.17, 15) is 0 Å². The summed E-state index contributed by atoms with van der Waals surface area (Å²) in [7, 11) is 0. The van der Waals surface area contributed by atoms with Crippen LogP contribution in [0.15, 0.2) is 29.3 Å². The van der Waals surface area contributed by atoms with Gasteiger partial charge in [-0.15, -0.1) is 12.4 Å².